The van der Waals surface area contributed by atoms with Gasteiger partial charge in [0.15, 0.2) is 5.78 Å². The fourth-order valence-corrected chi connectivity index (χ4v) is 1.80. The number of carbonyl (C=O) groups excluding carboxylic acids is 1. The van der Waals surface area contributed by atoms with Gasteiger partial charge in [0.25, 0.3) is 0 Å². The average Bonchev–Trinajstić information content (AvgIpc) is 2.73. The van der Waals surface area contributed by atoms with Crippen LogP contribution in [0.15, 0.2) is 18.2 Å². The van der Waals surface area contributed by atoms with Gasteiger partial charge < -0.3 is 4.74 Å². The van der Waals surface area contributed by atoms with E-state index in [1.54, 1.807) is 0 Å². The maximum Gasteiger partial charge on any atom is 0.165 e. The molecule has 1 aliphatic rings. The summed E-state index contributed by atoms with van der Waals surface area (Å²) in [5, 5.41) is 0. The number of hydrogen-bond acceptors (Lipinski definition) is 2. The Morgan fingerprint density at radius 3 is 2.87 bits per heavy atom. The maximum atomic E-state index is 11.9. The molecular weight excluding hydrogens is 188 g/mol. The Kier molecular flexibility index (Phi) is 2.87. The van der Waals surface area contributed by atoms with Crippen LogP contribution in [0.2, 0.25) is 0 Å². The monoisotopic (exact) mass is 204 g/mol. The largest absolute Gasteiger partial charge is 0.372 e. The zero-order valence-corrected chi connectivity index (χ0v) is 9.25. The van der Waals surface area contributed by atoms with Crippen molar-refractivity contribution in [1.82, 2.24) is 0 Å². The summed E-state index contributed by atoms with van der Waals surface area (Å²) < 4.78 is 5.33. The van der Waals surface area contributed by atoms with Gasteiger partial charge in [0.2, 0.25) is 0 Å². The van der Waals surface area contributed by atoms with Crippen molar-refractivity contribution in [2.24, 2.45) is 5.92 Å². The predicted molar refractivity (Wildman–Crippen MR) is 58.7 cm³/mol. The second-order valence-corrected chi connectivity index (χ2v) is 4.15. The van der Waals surface area contributed by atoms with Crippen LogP contribution in [0.1, 0.15) is 41.8 Å². The molecule has 1 aliphatic heterocycles. The minimum Gasteiger partial charge on any atom is -0.372 e. The van der Waals surface area contributed by atoms with Gasteiger partial charge in [-0.1, -0.05) is 26.0 Å². The Bertz CT molecular complexity index is 382. The highest BCUT2D eigenvalue weighted by molar-refractivity contribution is 5.97. The second-order valence-electron chi connectivity index (χ2n) is 4.15. The van der Waals surface area contributed by atoms with Gasteiger partial charge in [0.1, 0.15) is 0 Å². The Morgan fingerprint density at radius 2 is 2.13 bits per heavy atom. The lowest BCUT2D eigenvalue weighted by Gasteiger charge is -2.08. The number of benzene rings is 1. The zero-order chi connectivity index (χ0) is 10.8. The van der Waals surface area contributed by atoms with E-state index in [0.29, 0.717) is 13.2 Å². The van der Waals surface area contributed by atoms with Crippen molar-refractivity contribution in [3.63, 3.8) is 0 Å². The molecule has 0 saturated carbocycles. The summed E-state index contributed by atoms with van der Waals surface area (Å²) in [6.45, 7) is 5.36. The van der Waals surface area contributed by atoms with E-state index in [9.17, 15) is 4.79 Å². The third-order valence-corrected chi connectivity index (χ3v) is 3.07. The molecular formula is C13H16O2. The number of hydrogen-bond donors (Lipinski definition) is 0. The van der Waals surface area contributed by atoms with E-state index in [-0.39, 0.29) is 11.7 Å². The molecule has 0 N–H and O–H groups in total. The number of ketones is 1. The van der Waals surface area contributed by atoms with E-state index in [1.165, 1.54) is 11.1 Å². The Morgan fingerprint density at radius 1 is 1.40 bits per heavy atom. The molecule has 15 heavy (non-hydrogen) atoms. The second kappa shape index (κ2) is 4.15. The van der Waals surface area contributed by atoms with E-state index >= 15 is 0 Å². The van der Waals surface area contributed by atoms with Crippen LogP contribution in [-0.2, 0) is 18.0 Å². The number of rotatable bonds is 3. The summed E-state index contributed by atoms with van der Waals surface area (Å²) in [5.74, 6) is 0.359. The molecule has 1 aromatic rings. The topological polar surface area (TPSA) is 26.3 Å². The molecule has 2 heteroatoms. The Hall–Kier alpha value is -1.15. The van der Waals surface area contributed by atoms with Gasteiger partial charge in [-0.05, 0) is 23.6 Å². The van der Waals surface area contributed by atoms with Crippen molar-refractivity contribution in [2.45, 2.75) is 33.5 Å². The first-order valence-corrected chi connectivity index (χ1v) is 5.46. The minimum absolute atomic E-state index is 0.116. The average molecular weight is 204 g/mol. The lowest BCUT2D eigenvalue weighted by atomic mass is 9.95. The van der Waals surface area contributed by atoms with Crippen molar-refractivity contribution < 1.29 is 9.53 Å². The highest BCUT2D eigenvalue weighted by atomic mass is 16.5. The number of ether oxygens (including phenoxy) is 1. The van der Waals surface area contributed by atoms with E-state index in [4.69, 9.17) is 4.74 Å². The fourth-order valence-electron chi connectivity index (χ4n) is 1.80. The summed E-state index contributed by atoms with van der Waals surface area (Å²) in [4.78, 5) is 11.9. The smallest absolute Gasteiger partial charge is 0.165 e. The van der Waals surface area contributed by atoms with Gasteiger partial charge in [0.05, 0.1) is 13.2 Å². The summed E-state index contributed by atoms with van der Waals surface area (Å²) in [7, 11) is 0. The summed E-state index contributed by atoms with van der Waals surface area (Å²) in [6.07, 6.45) is 0.895. The van der Waals surface area contributed by atoms with Crippen LogP contribution in [0, 0.1) is 5.92 Å². The van der Waals surface area contributed by atoms with Crippen LogP contribution in [0.3, 0.4) is 0 Å². The number of Topliss-reactive ketones (excluding diaryl/α,β-unsaturated/α-hetero) is 1. The van der Waals surface area contributed by atoms with Crippen LogP contribution in [0.25, 0.3) is 0 Å². The first-order valence-electron chi connectivity index (χ1n) is 5.46. The molecule has 2 nitrogen and oxygen atoms in total. The zero-order valence-electron chi connectivity index (χ0n) is 9.25. The molecule has 2 rings (SSSR count). The molecule has 1 aromatic carbocycles. The van der Waals surface area contributed by atoms with E-state index in [1.807, 2.05) is 32.0 Å². The molecule has 0 radical (unpaired) electrons. The molecule has 0 fully saturated rings. The molecule has 0 spiro atoms. The highest BCUT2D eigenvalue weighted by Gasteiger charge is 2.17. The van der Waals surface area contributed by atoms with Gasteiger partial charge in [0, 0.05) is 11.5 Å². The van der Waals surface area contributed by atoms with Gasteiger partial charge in [-0.25, -0.2) is 0 Å². The highest BCUT2D eigenvalue weighted by Crippen LogP contribution is 2.22. The standard InChI is InChI=1S/C13H16O2/c1-3-9(2)13(14)10-4-5-11-7-15-8-12(11)6-10/h4-6,9H,3,7-8H2,1-2H3. The summed E-state index contributed by atoms with van der Waals surface area (Å²) >= 11 is 0. The van der Waals surface area contributed by atoms with Crippen LogP contribution >= 0.6 is 0 Å². The number of carbonyl (C=O) groups is 1. The van der Waals surface area contributed by atoms with Crippen molar-refractivity contribution >= 4 is 5.78 Å². The van der Waals surface area contributed by atoms with E-state index < -0.39 is 0 Å². The maximum absolute atomic E-state index is 11.9. The molecule has 80 valence electrons. The third-order valence-electron chi connectivity index (χ3n) is 3.07. The van der Waals surface area contributed by atoms with Crippen LogP contribution < -0.4 is 0 Å². The molecule has 1 unspecified atom stereocenters. The molecule has 0 bridgehead atoms. The number of fused-ring (bicyclic) bond motifs is 1. The van der Waals surface area contributed by atoms with Gasteiger partial charge in [-0.3, -0.25) is 4.79 Å². The third kappa shape index (κ3) is 1.95. The van der Waals surface area contributed by atoms with Crippen molar-refractivity contribution in [3.05, 3.63) is 34.9 Å². The van der Waals surface area contributed by atoms with Gasteiger partial charge in [-0.15, -0.1) is 0 Å². The fraction of sp³-hybridized carbons (Fsp3) is 0.462. The molecule has 1 heterocycles. The van der Waals surface area contributed by atoms with Crippen LogP contribution in [0.5, 0.6) is 0 Å². The normalized spacial score (nSPS) is 16.1. The van der Waals surface area contributed by atoms with E-state index in [0.717, 1.165) is 12.0 Å². The van der Waals surface area contributed by atoms with Crippen molar-refractivity contribution in [3.8, 4) is 0 Å². The molecule has 1 atom stereocenters. The Balaban J connectivity index is 2.26. The van der Waals surface area contributed by atoms with Gasteiger partial charge >= 0.3 is 0 Å². The van der Waals surface area contributed by atoms with Crippen molar-refractivity contribution in [2.75, 3.05) is 0 Å². The van der Waals surface area contributed by atoms with Gasteiger partial charge in [-0.2, -0.15) is 0 Å². The first-order chi connectivity index (χ1) is 7.22. The lowest BCUT2D eigenvalue weighted by Crippen LogP contribution is -2.10. The summed E-state index contributed by atoms with van der Waals surface area (Å²) in [6, 6.07) is 5.91. The quantitative estimate of drug-likeness (QED) is 0.707. The molecule has 0 aromatic heterocycles. The first kappa shape index (κ1) is 10.4. The minimum atomic E-state index is 0.116. The molecule has 0 saturated heterocycles. The predicted octanol–water partition coefficient (Wildman–Crippen LogP) is 2.95. The lowest BCUT2D eigenvalue weighted by molar-refractivity contribution is 0.0927. The SMILES string of the molecule is CCC(C)C(=O)c1ccc2c(c1)COC2. The molecule has 0 aliphatic carbocycles. The molecule has 0 amide bonds. The van der Waals surface area contributed by atoms with Crippen LogP contribution in [-0.4, -0.2) is 5.78 Å². The van der Waals surface area contributed by atoms with Crippen molar-refractivity contribution in [1.29, 1.82) is 0 Å². The van der Waals surface area contributed by atoms with E-state index in [2.05, 4.69) is 0 Å². The Labute approximate surface area is 90.3 Å². The van der Waals surface area contributed by atoms with Crippen LogP contribution in [0.4, 0.5) is 0 Å². The summed E-state index contributed by atoms with van der Waals surface area (Å²) in [5.41, 5.74) is 3.22.